The fraction of sp³-hybridized carbons (Fsp3) is 0.706. The van der Waals surface area contributed by atoms with Crippen molar-refractivity contribution in [3.8, 4) is 0 Å². The van der Waals surface area contributed by atoms with Crippen LogP contribution in [-0.2, 0) is 9.84 Å². The van der Waals surface area contributed by atoms with Gasteiger partial charge in [0.2, 0.25) is 5.95 Å². The fourth-order valence-electron chi connectivity index (χ4n) is 3.27. The molecule has 2 aliphatic heterocycles. The first-order valence-corrected chi connectivity index (χ1v) is 11.4. The van der Waals surface area contributed by atoms with E-state index in [1.807, 2.05) is 6.07 Å². The minimum absolute atomic E-state index is 0. The van der Waals surface area contributed by atoms with Crippen LogP contribution in [0, 0.1) is 0 Å². The van der Waals surface area contributed by atoms with Gasteiger partial charge >= 0.3 is 0 Å². The number of nitrogens with one attached hydrogen (secondary N) is 1. The van der Waals surface area contributed by atoms with Gasteiger partial charge in [-0.1, -0.05) is 0 Å². The number of anilines is 1. The zero-order chi connectivity index (χ0) is 19.1. The lowest BCUT2D eigenvalue weighted by atomic mass is 10.3. The summed E-state index contributed by atoms with van der Waals surface area (Å²) < 4.78 is 23.0. The van der Waals surface area contributed by atoms with E-state index >= 15 is 0 Å². The van der Waals surface area contributed by atoms with Gasteiger partial charge in [0.05, 0.1) is 18.1 Å². The van der Waals surface area contributed by atoms with Gasteiger partial charge in [-0.25, -0.2) is 18.4 Å². The largest absolute Gasteiger partial charge is 0.357 e. The Balaban J connectivity index is 0.00000280. The molecule has 1 aromatic rings. The summed E-state index contributed by atoms with van der Waals surface area (Å²) in [6.45, 7) is 9.04. The Bertz CT molecular complexity index is 710. The van der Waals surface area contributed by atoms with Crippen molar-refractivity contribution in [1.82, 2.24) is 25.1 Å². The molecule has 3 heterocycles. The molecule has 0 bridgehead atoms. The van der Waals surface area contributed by atoms with Gasteiger partial charge in [0.1, 0.15) is 0 Å². The molecule has 2 fully saturated rings. The standard InChI is InChI=1S/C17H29N7O2S.HI/c1-2-18-16(21-6-7-22-12-14-27(25,26)15-13-22)23-8-10-24(11-9-23)17-19-4-3-5-20-17;/h3-5H,2,6-15H2,1H3,(H,18,21);1H. The van der Waals surface area contributed by atoms with Crippen LogP contribution in [0.3, 0.4) is 0 Å². The zero-order valence-electron chi connectivity index (χ0n) is 16.3. The second-order valence-electron chi connectivity index (χ2n) is 6.75. The quantitative estimate of drug-likeness (QED) is 0.326. The topological polar surface area (TPSA) is 94.0 Å². The van der Waals surface area contributed by atoms with Gasteiger partial charge in [0, 0.05) is 64.8 Å². The summed E-state index contributed by atoms with van der Waals surface area (Å²) in [6.07, 6.45) is 3.54. The van der Waals surface area contributed by atoms with Crippen molar-refractivity contribution in [3.05, 3.63) is 18.5 Å². The Kier molecular flexibility index (Phi) is 9.15. The molecule has 0 amide bonds. The first kappa shape index (κ1) is 23.1. The maximum absolute atomic E-state index is 11.5. The van der Waals surface area contributed by atoms with E-state index in [2.05, 4.69) is 36.9 Å². The van der Waals surface area contributed by atoms with E-state index in [9.17, 15) is 8.42 Å². The number of piperazine rings is 1. The molecule has 0 saturated carbocycles. The highest BCUT2D eigenvalue weighted by atomic mass is 127. The van der Waals surface area contributed by atoms with E-state index in [1.54, 1.807) is 12.4 Å². The lowest BCUT2D eigenvalue weighted by Gasteiger charge is -2.36. The third kappa shape index (κ3) is 6.69. The maximum atomic E-state index is 11.5. The molecule has 0 aromatic carbocycles. The molecule has 0 unspecified atom stereocenters. The highest BCUT2D eigenvalue weighted by Crippen LogP contribution is 2.10. The lowest BCUT2D eigenvalue weighted by Crippen LogP contribution is -2.53. The van der Waals surface area contributed by atoms with Crippen molar-refractivity contribution in [2.24, 2.45) is 4.99 Å². The summed E-state index contributed by atoms with van der Waals surface area (Å²) in [5.41, 5.74) is 0. The number of halogens is 1. The van der Waals surface area contributed by atoms with Gasteiger partial charge in [-0.2, -0.15) is 0 Å². The van der Waals surface area contributed by atoms with Crippen molar-refractivity contribution in [3.63, 3.8) is 0 Å². The summed E-state index contributed by atoms with van der Waals surface area (Å²) in [7, 11) is -2.82. The van der Waals surface area contributed by atoms with Crippen LogP contribution in [0.1, 0.15) is 6.92 Å². The average Bonchev–Trinajstić information content (AvgIpc) is 2.69. The first-order valence-electron chi connectivity index (χ1n) is 9.55. The van der Waals surface area contributed by atoms with E-state index < -0.39 is 9.84 Å². The van der Waals surface area contributed by atoms with Gasteiger partial charge in [0.25, 0.3) is 0 Å². The van der Waals surface area contributed by atoms with Crippen molar-refractivity contribution in [2.75, 3.05) is 75.3 Å². The molecule has 0 radical (unpaired) electrons. The van der Waals surface area contributed by atoms with Crippen LogP contribution >= 0.6 is 24.0 Å². The molecule has 1 N–H and O–H groups in total. The summed E-state index contributed by atoms with van der Waals surface area (Å²) in [6, 6.07) is 1.83. The summed E-state index contributed by atoms with van der Waals surface area (Å²) >= 11 is 0. The van der Waals surface area contributed by atoms with Crippen LogP contribution < -0.4 is 10.2 Å². The lowest BCUT2D eigenvalue weighted by molar-refractivity contribution is 0.302. The van der Waals surface area contributed by atoms with Crippen LogP contribution in [0.2, 0.25) is 0 Å². The summed E-state index contributed by atoms with van der Waals surface area (Å²) in [4.78, 5) is 20.0. The molecular formula is C17H30IN7O2S. The first-order chi connectivity index (χ1) is 13.1. The van der Waals surface area contributed by atoms with E-state index in [0.29, 0.717) is 19.6 Å². The second-order valence-corrected chi connectivity index (χ2v) is 9.06. The summed E-state index contributed by atoms with van der Waals surface area (Å²) in [5.74, 6) is 2.23. The van der Waals surface area contributed by atoms with E-state index in [0.717, 1.165) is 51.2 Å². The normalized spacial score (nSPS) is 20.5. The molecule has 158 valence electrons. The van der Waals surface area contributed by atoms with Crippen molar-refractivity contribution in [2.45, 2.75) is 6.92 Å². The van der Waals surface area contributed by atoms with Crippen LogP contribution in [0.5, 0.6) is 0 Å². The monoisotopic (exact) mass is 523 g/mol. The average molecular weight is 523 g/mol. The highest BCUT2D eigenvalue weighted by molar-refractivity contribution is 14.0. The van der Waals surface area contributed by atoms with Crippen LogP contribution in [-0.4, -0.2) is 105 Å². The second kappa shape index (κ2) is 11.1. The van der Waals surface area contributed by atoms with Gasteiger partial charge in [-0.05, 0) is 13.0 Å². The van der Waals surface area contributed by atoms with Crippen LogP contribution in [0.15, 0.2) is 23.5 Å². The Morgan fingerprint density at radius 2 is 1.75 bits per heavy atom. The molecule has 2 aliphatic rings. The highest BCUT2D eigenvalue weighted by Gasteiger charge is 2.22. The van der Waals surface area contributed by atoms with Crippen molar-refractivity contribution in [1.29, 1.82) is 0 Å². The Morgan fingerprint density at radius 3 is 2.36 bits per heavy atom. The Labute approximate surface area is 184 Å². The molecule has 2 saturated heterocycles. The fourth-order valence-corrected chi connectivity index (χ4v) is 4.55. The number of aliphatic imine (C=N–C) groups is 1. The molecule has 9 nitrogen and oxygen atoms in total. The minimum atomic E-state index is -2.82. The molecule has 3 rings (SSSR count). The molecule has 28 heavy (non-hydrogen) atoms. The molecular weight excluding hydrogens is 493 g/mol. The van der Waals surface area contributed by atoms with Gasteiger partial charge in [-0.3, -0.25) is 9.89 Å². The number of nitrogens with zero attached hydrogens (tertiary/aromatic N) is 6. The smallest absolute Gasteiger partial charge is 0.225 e. The molecule has 0 atom stereocenters. The molecule has 0 spiro atoms. The molecule has 1 aromatic heterocycles. The predicted molar refractivity (Wildman–Crippen MR) is 122 cm³/mol. The van der Waals surface area contributed by atoms with Crippen molar-refractivity contribution < 1.29 is 8.42 Å². The number of aromatic nitrogens is 2. The third-order valence-corrected chi connectivity index (χ3v) is 6.47. The maximum Gasteiger partial charge on any atom is 0.225 e. The van der Waals surface area contributed by atoms with E-state index in [-0.39, 0.29) is 35.5 Å². The zero-order valence-corrected chi connectivity index (χ0v) is 19.5. The number of rotatable bonds is 5. The summed E-state index contributed by atoms with van der Waals surface area (Å²) in [5, 5.41) is 3.37. The van der Waals surface area contributed by atoms with E-state index in [4.69, 9.17) is 4.99 Å². The number of hydrogen-bond acceptors (Lipinski definition) is 7. The van der Waals surface area contributed by atoms with Crippen LogP contribution in [0.25, 0.3) is 0 Å². The van der Waals surface area contributed by atoms with E-state index in [1.165, 1.54) is 0 Å². The third-order valence-electron chi connectivity index (χ3n) is 4.86. The van der Waals surface area contributed by atoms with Gasteiger partial charge in [0.15, 0.2) is 15.8 Å². The minimum Gasteiger partial charge on any atom is -0.357 e. The number of sulfone groups is 1. The van der Waals surface area contributed by atoms with Gasteiger partial charge < -0.3 is 15.1 Å². The van der Waals surface area contributed by atoms with Gasteiger partial charge in [-0.15, -0.1) is 24.0 Å². The van der Waals surface area contributed by atoms with Crippen molar-refractivity contribution >= 4 is 45.7 Å². The van der Waals surface area contributed by atoms with Crippen LogP contribution in [0.4, 0.5) is 5.95 Å². The SMILES string of the molecule is CCNC(=NCCN1CCS(=O)(=O)CC1)N1CCN(c2ncccn2)CC1.I. The molecule has 11 heteroatoms. The Morgan fingerprint density at radius 1 is 1.11 bits per heavy atom. The Hall–Kier alpha value is -1.21. The molecule has 0 aliphatic carbocycles. The number of hydrogen-bond donors (Lipinski definition) is 1. The predicted octanol–water partition coefficient (Wildman–Crippen LogP) is -0.0875. The number of guanidine groups is 1.